The van der Waals surface area contributed by atoms with E-state index in [0.29, 0.717) is 18.3 Å². The highest BCUT2D eigenvalue weighted by Crippen LogP contribution is 2.33. The second kappa shape index (κ2) is 6.93. The summed E-state index contributed by atoms with van der Waals surface area (Å²) in [7, 11) is 0. The van der Waals surface area contributed by atoms with Gasteiger partial charge in [-0.2, -0.15) is 0 Å². The molecule has 18 heavy (non-hydrogen) atoms. The van der Waals surface area contributed by atoms with Gasteiger partial charge in [0.2, 0.25) is 0 Å². The van der Waals surface area contributed by atoms with Gasteiger partial charge < -0.3 is 10.2 Å². The second-order valence-electron chi connectivity index (χ2n) is 5.82. The van der Waals surface area contributed by atoms with Crippen molar-refractivity contribution < 1.29 is 15.0 Å². The lowest BCUT2D eigenvalue weighted by Gasteiger charge is -2.31. The van der Waals surface area contributed by atoms with E-state index < -0.39 is 5.97 Å². The number of allylic oxidation sites excluding steroid dienone is 2. The molecule has 0 bridgehead atoms. The lowest BCUT2D eigenvalue weighted by atomic mass is 9.77. The van der Waals surface area contributed by atoms with E-state index >= 15 is 0 Å². The number of carboxylic acids is 1. The third-order valence-electron chi connectivity index (χ3n) is 4.28. The average molecular weight is 254 g/mol. The molecule has 1 fully saturated rings. The van der Waals surface area contributed by atoms with Crippen LogP contribution in [0.3, 0.4) is 0 Å². The Kier molecular flexibility index (Phi) is 5.86. The highest BCUT2D eigenvalue weighted by molar-refractivity contribution is 5.69. The van der Waals surface area contributed by atoms with Crippen molar-refractivity contribution in [1.82, 2.24) is 0 Å². The predicted molar refractivity (Wildman–Crippen MR) is 72.3 cm³/mol. The van der Waals surface area contributed by atoms with Crippen LogP contribution in [0.2, 0.25) is 0 Å². The molecule has 1 aliphatic rings. The van der Waals surface area contributed by atoms with Crippen molar-refractivity contribution in [2.45, 2.75) is 59.0 Å². The highest BCUT2D eigenvalue weighted by Gasteiger charge is 2.26. The monoisotopic (exact) mass is 254 g/mol. The van der Waals surface area contributed by atoms with Gasteiger partial charge in [0.15, 0.2) is 0 Å². The smallest absolute Gasteiger partial charge is 0.306 e. The molecule has 4 atom stereocenters. The number of carbonyl (C=O) groups is 1. The summed E-state index contributed by atoms with van der Waals surface area (Å²) in [5.74, 6) is -0.0913. The molecular weight excluding hydrogens is 228 g/mol. The van der Waals surface area contributed by atoms with Gasteiger partial charge in [-0.25, -0.2) is 0 Å². The number of hydrogen-bond acceptors (Lipinski definition) is 2. The molecule has 0 aromatic rings. The summed E-state index contributed by atoms with van der Waals surface area (Å²) in [4.78, 5) is 10.7. The Bertz CT molecular complexity index is 309. The topological polar surface area (TPSA) is 57.5 Å². The molecule has 2 N–H and O–H groups in total. The third-order valence-corrected chi connectivity index (χ3v) is 4.28. The molecule has 104 valence electrons. The first-order valence-corrected chi connectivity index (χ1v) is 6.99. The number of carboxylic acid groups (broad SMARTS) is 1. The summed E-state index contributed by atoms with van der Waals surface area (Å²) in [5, 5.41) is 18.7. The van der Waals surface area contributed by atoms with E-state index in [1.54, 1.807) is 6.92 Å². The Labute approximate surface area is 110 Å². The molecule has 1 rings (SSSR count). The fourth-order valence-electron chi connectivity index (χ4n) is 2.56. The zero-order valence-electron chi connectivity index (χ0n) is 11.7. The summed E-state index contributed by atoms with van der Waals surface area (Å²) in [6.07, 6.45) is 6.59. The van der Waals surface area contributed by atoms with E-state index in [2.05, 4.69) is 19.9 Å². The SMILES string of the molecule is CC(=CCCC(C)C(=O)O)C1CCC(C)C(O)C1. The molecule has 3 heteroatoms. The van der Waals surface area contributed by atoms with E-state index in [9.17, 15) is 9.90 Å². The van der Waals surface area contributed by atoms with Crippen LogP contribution >= 0.6 is 0 Å². The first kappa shape index (κ1) is 15.2. The van der Waals surface area contributed by atoms with Gasteiger partial charge in [0.1, 0.15) is 0 Å². The van der Waals surface area contributed by atoms with E-state index in [4.69, 9.17) is 5.11 Å². The fraction of sp³-hybridized carbons (Fsp3) is 0.800. The minimum absolute atomic E-state index is 0.176. The molecule has 0 spiro atoms. The van der Waals surface area contributed by atoms with Gasteiger partial charge >= 0.3 is 5.97 Å². The molecule has 0 aliphatic heterocycles. The molecule has 0 saturated heterocycles. The lowest BCUT2D eigenvalue weighted by molar-refractivity contribution is -0.141. The van der Waals surface area contributed by atoms with Gasteiger partial charge in [0.25, 0.3) is 0 Å². The largest absolute Gasteiger partial charge is 0.481 e. The molecule has 4 unspecified atom stereocenters. The van der Waals surface area contributed by atoms with Gasteiger partial charge in [0, 0.05) is 0 Å². The van der Waals surface area contributed by atoms with E-state index in [1.807, 2.05) is 0 Å². The van der Waals surface area contributed by atoms with Crippen LogP contribution in [0.1, 0.15) is 52.9 Å². The van der Waals surface area contributed by atoms with Crippen LogP contribution in [0.5, 0.6) is 0 Å². The molecule has 0 aromatic heterocycles. The van der Waals surface area contributed by atoms with Crippen LogP contribution in [0.15, 0.2) is 11.6 Å². The summed E-state index contributed by atoms with van der Waals surface area (Å²) in [6, 6.07) is 0. The average Bonchev–Trinajstić information content (AvgIpc) is 2.32. The maximum Gasteiger partial charge on any atom is 0.306 e. The molecule has 3 nitrogen and oxygen atoms in total. The van der Waals surface area contributed by atoms with Crippen molar-refractivity contribution in [1.29, 1.82) is 0 Å². The van der Waals surface area contributed by atoms with Crippen LogP contribution in [0.4, 0.5) is 0 Å². The van der Waals surface area contributed by atoms with Crippen molar-refractivity contribution in [3.8, 4) is 0 Å². The zero-order valence-corrected chi connectivity index (χ0v) is 11.7. The van der Waals surface area contributed by atoms with E-state index in [1.165, 1.54) is 5.57 Å². The minimum atomic E-state index is -0.719. The van der Waals surface area contributed by atoms with Crippen LogP contribution in [0, 0.1) is 17.8 Å². The van der Waals surface area contributed by atoms with Crippen molar-refractivity contribution in [3.05, 3.63) is 11.6 Å². The third kappa shape index (κ3) is 4.45. The van der Waals surface area contributed by atoms with E-state index in [0.717, 1.165) is 25.7 Å². The predicted octanol–water partition coefficient (Wildman–Crippen LogP) is 3.23. The number of aliphatic hydroxyl groups is 1. The van der Waals surface area contributed by atoms with Crippen LogP contribution in [0.25, 0.3) is 0 Å². The quantitative estimate of drug-likeness (QED) is 0.741. The van der Waals surface area contributed by atoms with Gasteiger partial charge in [-0.05, 0) is 50.9 Å². The van der Waals surface area contributed by atoms with Crippen molar-refractivity contribution in [2.24, 2.45) is 17.8 Å². The van der Waals surface area contributed by atoms with Crippen molar-refractivity contribution >= 4 is 5.97 Å². The normalized spacial score (nSPS) is 31.1. The number of aliphatic carboxylic acids is 1. The standard InChI is InChI=1S/C15H26O3/c1-10(5-4-6-12(3)15(17)18)13-8-7-11(2)14(16)9-13/h5,11-14,16H,4,6-9H2,1-3H3,(H,17,18). The molecular formula is C15H26O3. The molecule has 0 amide bonds. The Hall–Kier alpha value is -0.830. The number of rotatable bonds is 5. The minimum Gasteiger partial charge on any atom is -0.481 e. The first-order valence-electron chi connectivity index (χ1n) is 6.99. The number of aliphatic hydroxyl groups excluding tert-OH is 1. The molecule has 1 saturated carbocycles. The van der Waals surface area contributed by atoms with Gasteiger partial charge in [-0.15, -0.1) is 0 Å². The van der Waals surface area contributed by atoms with Gasteiger partial charge in [-0.3, -0.25) is 4.79 Å². The fourth-order valence-corrected chi connectivity index (χ4v) is 2.56. The maximum atomic E-state index is 10.7. The summed E-state index contributed by atoms with van der Waals surface area (Å²) >= 11 is 0. The van der Waals surface area contributed by atoms with Gasteiger partial charge in [0.05, 0.1) is 12.0 Å². The van der Waals surface area contributed by atoms with E-state index in [-0.39, 0.29) is 12.0 Å². The Morgan fingerprint density at radius 3 is 2.67 bits per heavy atom. The van der Waals surface area contributed by atoms with Crippen molar-refractivity contribution in [2.75, 3.05) is 0 Å². The van der Waals surface area contributed by atoms with Crippen LogP contribution in [-0.4, -0.2) is 22.3 Å². The maximum absolute atomic E-state index is 10.7. The van der Waals surface area contributed by atoms with Gasteiger partial charge in [-0.1, -0.05) is 25.5 Å². The van der Waals surface area contributed by atoms with Crippen molar-refractivity contribution in [3.63, 3.8) is 0 Å². The highest BCUT2D eigenvalue weighted by atomic mass is 16.4. The molecule has 0 heterocycles. The summed E-state index contributed by atoms with van der Waals surface area (Å²) in [5.41, 5.74) is 1.32. The lowest BCUT2D eigenvalue weighted by Crippen LogP contribution is -2.27. The first-order chi connectivity index (χ1) is 8.41. The molecule has 0 radical (unpaired) electrons. The second-order valence-corrected chi connectivity index (χ2v) is 5.82. The summed E-state index contributed by atoms with van der Waals surface area (Å²) in [6.45, 7) is 5.96. The van der Waals surface area contributed by atoms with Crippen LogP contribution in [-0.2, 0) is 4.79 Å². The van der Waals surface area contributed by atoms with Crippen LogP contribution < -0.4 is 0 Å². The number of hydrogen-bond donors (Lipinski definition) is 2. The molecule has 1 aliphatic carbocycles. The summed E-state index contributed by atoms with van der Waals surface area (Å²) < 4.78 is 0. The Morgan fingerprint density at radius 2 is 2.11 bits per heavy atom. The Morgan fingerprint density at radius 1 is 1.44 bits per heavy atom. The Balaban J connectivity index is 2.39. The zero-order chi connectivity index (χ0) is 13.7. The molecule has 0 aromatic carbocycles.